The third-order valence-electron chi connectivity index (χ3n) is 4.30. The molecule has 0 N–H and O–H groups in total. The van der Waals surface area contributed by atoms with Crippen LogP contribution in [0.3, 0.4) is 0 Å². The topological polar surface area (TPSA) is 0 Å². The van der Waals surface area contributed by atoms with Gasteiger partial charge in [0, 0.05) is 0 Å². The zero-order valence-electron chi connectivity index (χ0n) is 10.6. The fourth-order valence-corrected chi connectivity index (χ4v) is 3.18. The Morgan fingerprint density at radius 1 is 1.00 bits per heavy atom. The van der Waals surface area contributed by atoms with Crippen molar-refractivity contribution in [2.45, 2.75) is 66.2 Å². The van der Waals surface area contributed by atoms with Crippen molar-refractivity contribution in [3.63, 3.8) is 0 Å². The molecule has 4 atom stereocenters. The zero-order valence-corrected chi connectivity index (χ0v) is 10.6. The van der Waals surface area contributed by atoms with Gasteiger partial charge in [-0.2, -0.15) is 0 Å². The van der Waals surface area contributed by atoms with Crippen LogP contribution in [0, 0.1) is 23.7 Å². The summed E-state index contributed by atoms with van der Waals surface area (Å²) >= 11 is 0. The van der Waals surface area contributed by atoms with Crippen molar-refractivity contribution >= 4 is 0 Å². The Morgan fingerprint density at radius 3 is 2.36 bits per heavy atom. The minimum atomic E-state index is 0.963. The second-order valence-electron chi connectivity index (χ2n) is 5.67. The zero-order chi connectivity index (χ0) is 10.6. The Morgan fingerprint density at radius 2 is 1.71 bits per heavy atom. The largest absolute Gasteiger partial charge is 0.0654 e. The van der Waals surface area contributed by atoms with E-state index >= 15 is 0 Å². The molecule has 0 nitrogen and oxygen atoms in total. The van der Waals surface area contributed by atoms with Crippen molar-refractivity contribution in [2.75, 3.05) is 0 Å². The summed E-state index contributed by atoms with van der Waals surface area (Å²) in [7, 11) is 0. The van der Waals surface area contributed by atoms with Gasteiger partial charge >= 0.3 is 0 Å². The van der Waals surface area contributed by atoms with Gasteiger partial charge in [-0.25, -0.2) is 0 Å². The van der Waals surface area contributed by atoms with E-state index in [1.54, 1.807) is 0 Å². The molecule has 0 amide bonds. The quantitative estimate of drug-likeness (QED) is 0.562. The van der Waals surface area contributed by atoms with Gasteiger partial charge in [0.1, 0.15) is 0 Å². The fourth-order valence-electron chi connectivity index (χ4n) is 3.18. The normalized spacial score (nSPS) is 38.6. The van der Waals surface area contributed by atoms with Crippen molar-refractivity contribution in [3.8, 4) is 0 Å². The Hall–Kier alpha value is 0. The molecule has 0 radical (unpaired) electrons. The molecule has 1 aliphatic rings. The Kier molecular flexibility index (Phi) is 4.98. The van der Waals surface area contributed by atoms with E-state index in [1.165, 1.54) is 38.5 Å². The summed E-state index contributed by atoms with van der Waals surface area (Å²) in [5.74, 6) is 3.95. The number of hydrogen-bond donors (Lipinski definition) is 0. The number of rotatable bonds is 4. The number of unbranched alkanes of at least 4 members (excludes halogenated alkanes) is 2. The Labute approximate surface area is 90.5 Å². The summed E-state index contributed by atoms with van der Waals surface area (Å²) in [5, 5.41) is 0. The van der Waals surface area contributed by atoms with E-state index in [-0.39, 0.29) is 0 Å². The molecule has 0 aromatic heterocycles. The highest BCUT2D eigenvalue weighted by Gasteiger charge is 2.29. The van der Waals surface area contributed by atoms with E-state index in [4.69, 9.17) is 0 Å². The second-order valence-corrected chi connectivity index (χ2v) is 5.67. The van der Waals surface area contributed by atoms with Crippen LogP contribution >= 0.6 is 0 Å². The molecule has 1 saturated carbocycles. The third-order valence-corrected chi connectivity index (χ3v) is 4.30. The monoisotopic (exact) mass is 196 g/mol. The smallest absolute Gasteiger partial charge is 0.0383 e. The van der Waals surface area contributed by atoms with Gasteiger partial charge in [0.05, 0.1) is 0 Å². The van der Waals surface area contributed by atoms with E-state index in [0.717, 1.165) is 23.7 Å². The first-order chi connectivity index (χ1) is 6.65. The first kappa shape index (κ1) is 12.1. The molecule has 0 heteroatoms. The van der Waals surface area contributed by atoms with Gasteiger partial charge in [-0.05, 0) is 36.5 Å². The van der Waals surface area contributed by atoms with Crippen LogP contribution in [0.4, 0.5) is 0 Å². The summed E-state index contributed by atoms with van der Waals surface area (Å²) in [4.78, 5) is 0. The molecule has 0 saturated heterocycles. The molecule has 14 heavy (non-hydrogen) atoms. The summed E-state index contributed by atoms with van der Waals surface area (Å²) in [5.41, 5.74) is 0. The molecule has 0 heterocycles. The van der Waals surface area contributed by atoms with Crippen molar-refractivity contribution < 1.29 is 0 Å². The van der Waals surface area contributed by atoms with Crippen LogP contribution in [0.15, 0.2) is 0 Å². The molecule has 0 bridgehead atoms. The minimum absolute atomic E-state index is 0.963. The van der Waals surface area contributed by atoms with Crippen LogP contribution < -0.4 is 0 Å². The predicted molar refractivity (Wildman–Crippen MR) is 64.4 cm³/mol. The second kappa shape index (κ2) is 5.78. The minimum Gasteiger partial charge on any atom is -0.0654 e. The average Bonchev–Trinajstić information content (AvgIpc) is 2.13. The molecule has 1 aliphatic carbocycles. The van der Waals surface area contributed by atoms with Crippen LogP contribution in [-0.4, -0.2) is 0 Å². The Balaban J connectivity index is 2.33. The summed E-state index contributed by atoms with van der Waals surface area (Å²) < 4.78 is 0. The summed E-state index contributed by atoms with van der Waals surface area (Å²) in [6.07, 6.45) is 8.72. The van der Waals surface area contributed by atoms with E-state index in [0.29, 0.717) is 0 Å². The van der Waals surface area contributed by atoms with Crippen LogP contribution in [0.5, 0.6) is 0 Å². The van der Waals surface area contributed by atoms with E-state index < -0.39 is 0 Å². The third kappa shape index (κ3) is 3.29. The highest BCUT2D eigenvalue weighted by atomic mass is 14.3. The Bertz CT molecular complexity index is 150. The lowest BCUT2D eigenvalue weighted by atomic mass is 9.68. The van der Waals surface area contributed by atoms with E-state index in [1.807, 2.05) is 0 Å². The molecule has 0 aromatic carbocycles. The molecule has 0 aromatic rings. The van der Waals surface area contributed by atoms with Gasteiger partial charge in [-0.1, -0.05) is 53.4 Å². The first-order valence-electron chi connectivity index (χ1n) is 6.65. The molecular weight excluding hydrogens is 168 g/mol. The van der Waals surface area contributed by atoms with Gasteiger partial charge in [0.25, 0.3) is 0 Å². The predicted octanol–water partition coefficient (Wildman–Crippen LogP) is 4.89. The van der Waals surface area contributed by atoms with Crippen LogP contribution in [0.2, 0.25) is 0 Å². The lowest BCUT2D eigenvalue weighted by Gasteiger charge is -2.37. The highest BCUT2D eigenvalue weighted by molar-refractivity contribution is 4.80. The van der Waals surface area contributed by atoms with Crippen LogP contribution in [-0.2, 0) is 0 Å². The van der Waals surface area contributed by atoms with E-state index in [9.17, 15) is 0 Å². The maximum Gasteiger partial charge on any atom is -0.0383 e. The summed E-state index contributed by atoms with van der Waals surface area (Å²) in [6, 6.07) is 0. The van der Waals surface area contributed by atoms with Crippen molar-refractivity contribution in [2.24, 2.45) is 23.7 Å². The molecular formula is C14H28. The van der Waals surface area contributed by atoms with Gasteiger partial charge in [0.2, 0.25) is 0 Å². The highest BCUT2D eigenvalue weighted by Crippen LogP contribution is 2.39. The van der Waals surface area contributed by atoms with Crippen LogP contribution in [0.1, 0.15) is 66.2 Å². The van der Waals surface area contributed by atoms with E-state index in [2.05, 4.69) is 27.7 Å². The number of hydrogen-bond acceptors (Lipinski definition) is 0. The molecule has 0 aliphatic heterocycles. The van der Waals surface area contributed by atoms with Crippen LogP contribution in [0.25, 0.3) is 0 Å². The van der Waals surface area contributed by atoms with Gasteiger partial charge < -0.3 is 0 Å². The molecule has 84 valence electrons. The maximum absolute atomic E-state index is 2.48. The fraction of sp³-hybridized carbons (Fsp3) is 1.00. The molecule has 1 rings (SSSR count). The average molecular weight is 196 g/mol. The SMILES string of the molecule is CCCCCC1C[C@@H](C)C[C@@H](C)C1C. The molecule has 0 spiro atoms. The van der Waals surface area contributed by atoms with Gasteiger partial charge in [-0.15, -0.1) is 0 Å². The van der Waals surface area contributed by atoms with Crippen molar-refractivity contribution in [3.05, 3.63) is 0 Å². The molecule has 2 unspecified atom stereocenters. The molecule has 1 fully saturated rings. The lowest BCUT2D eigenvalue weighted by molar-refractivity contribution is 0.128. The van der Waals surface area contributed by atoms with Gasteiger partial charge in [-0.3, -0.25) is 0 Å². The van der Waals surface area contributed by atoms with Gasteiger partial charge in [0.15, 0.2) is 0 Å². The first-order valence-corrected chi connectivity index (χ1v) is 6.65. The summed E-state index contributed by atoms with van der Waals surface area (Å²) in [6.45, 7) is 9.67. The van der Waals surface area contributed by atoms with Crippen molar-refractivity contribution in [1.82, 2.24) is 0 Å². The lowest BCUT2D eigenvalue weighted by Crippen LogP contribution is -2.28. The standard InChI is InChI=1S/C14H28/c1-5-6-7-8-14-10-11(2)9-12(3)13(14)4/h11-14H,5-10H2,1-4H3/t11-,12+,13?,14?/m0/s1. The van der Waals surface area contributed by atoms with Crippen molar-refractivity contribution in [1.29, 1.82) is 0 Å². The maximum atomic E-state index is 2.48.